The van der Waals surface area contributed by atoms with Crippen molar-refractivity contribution >= 4 is 0 Å². The maximum atomic E-state index is 4.92. The van der Waals surface area contributed by atoms with Gasteiger partial charge in [-0.05, 0) is 26.7 Å². The molecule has 0 unspecified atom stereocenters. The summed E-state index contributed by atoms with van der Waals surface area (Å²) in [5.41, 5.74) is 0. The van der Waals surface area contributed by atoms with Crippen molar-refractivity contribution in [3.8, 4) is 24.1 Å². The predicted octanol–water partition coefficient (Wildman–Crippen LogP) is 3.32. The fraction of sp³-hybridized carbons (Fsp3) is 0.714. The van der Waals surface area contributed by atoms with Crippen LogP contribution in [0.3, 0.4) is 0 Å². The van der Waals surface area contributed by atoms with Crippen LogP contribution in [-0.2, 0) is 9.47 Å². The molecule has 0 bridgehead atoms. The molecule has 0 fully saturated rings. The second-order valence-electron chi connectivity index (χ2n) is 3.34. The third-order valence-electron chi connectivity index (χ3n) is 1.93. The zero-order valence-corrected chi connectivity index (χ0v) is 10.5. The molecule has 0 N–H and O–H groups in total. The quantitative estimate of drug-likeness (QED) is 0.486. The van der Waals surface area contributed by atoms with Crippen LogP contribution in [0.4, 0.5) is 0 Å². The average Bonchev–Trinajstić information content (AvgIpc) is 2.31. The van der Waals surface area contributed by atoms with Crippen molar-refractivity contribution in [3.63, 3.8) is 0 Å². The summed E-state index contributed by atoms with van der Waals surface area (Å²) in [5.74, 6) is 5.97. The number of unbranched alkanes of at least 4 members (excludes halogenated alkanes) is 5. The molecule has 0 saturated carbocycles. The van der Waals surface area contributed by atoms with Crippen LogP contribution in [0.25, 0.3) is 0 Å². The Morgan fingerprint density at radius 1 is 0.688 bits per heavy atom. The van der Waals surface area contributed by atoms with E-state index < -0.39 is 0 Å². The number of ether oxygens (including phenoxy) is 2. The minimum Gasteiger partial charge on any atom is -0.447 e. The normalized spacial score (nSPS) is 8.38. The first-order valence-corrected chi connectivity index (χ1v) is 6.11. The first kappa shape index (κ1) is 14.7. The molecule has 0 atom stereocenters. The average molecular weight is 222 g/mol. The Balaban J connectivity index is 3.11. The van der Waals surface area contributed by atoms with Gasteiger partial charge in [0.1, 0.15) is 12.2 Å². The monoisotopic (exact) mass is 222 g/mol. The fourth-order valence-electron chi connectivity index (χ4n) is 1.13. The van der Waals surface area contributed by atoms with Crippen molar-refractivity contribution in [1.82, 2.24) is 0 Å². The maximum Gasteiger partial charge on any atom is 0.110 e. The second kappa shape index (κ2) is 13.7. The molecule has 16 heavy (non-hydrogen) atoms. The first-order chi connectivity index (χ1) is 7.91. The van der Waals surface area contributed by atoms with E-state index >= 15 is 0 Å². The van der Waals surface area contributed by atoms with Crippen molar-refractivity contribution in [1.29, 1.82) is 0 Å². The van der Waals surface area contributed by atoms with Gasteiger partial charge in [0.25, 0.3) is 0 Å². The molecule has 90 valence electrons. The van der Waals surface area contributed by atoms with Gasteiger partial charge in [0, 0.05) is 12.8 Å². The van der Waals surface area contributed by atoms with Crippen LogP contribution in [0.15, 0.2) is 0 Å². The molecule has 0 aliphatic heterocycles. The van der Waals surface area contributed by atoms with E-state index in [9.17, 15) is 0 Å². The Morgan fingerprint density at radius 3 is 1.50 bits per heavy atom. The van der Waals surface area contributed by atoms with E-state index in [4.69, 9.17) is 9.47 Å². The topological polar surface area (TPSA) is 18.5 Å². The molecule has 2 nitrogen and oxygen atoms in total. The summed E-state index contributed by atoms with van der Waals surface area (Å²) in [6.45, 7) is 5.23. The molecule has 0 rings (SSSR count). The summed E-state index contributed by atoms with van der Waals surface area (Å²) in [7, 11) is 0. The van der Waals surface area contributed by atoms with Gasteiger partial charge < -0.3 is 9.47 Å². The molecule has 0 aromatic heterocycles. The Kier molecular flexibility index (Phi) is 12.6. The third kappa shape index (κ3) is 12.7. The highest BCUT2D eigenvalue weighted by molar-refractivity contribution is 4.92. The van der Waals surface area contributed by atoms with Crippen molar-refractivity contribution in [2.45, 2.75) is 52.4 Å². The first-order valence-electron chi connectivity index (χ1n) is 6.11. The van der Waals surface area contributed by atoms with Crippen LogP contribution >= 0.6 is 0 Å². The molecule has 0 aromatic carbocycles. The molecule has 0 aromatic rings. The van der Waals surface area contributed by atoms with Crippen molar-refractivity contribution < 1.29 is 9.47 Å². The molecule has 0 aliphatic carbocycles. The van der Waals surface area contributed by atoms with E-state index in [0.717, 1.165) is 25.7 Å². The van der Waals surface area contributed by atoms with E-state index in [0.29, 0.717) is 13.2 Å². The lowest BCUT2D eigenvalue weighted by atomic mass is 10.1. The molecule has 0 heterocycles. The Labute approximate surface area is 99.7 Å². The van der Waals surface area contributed by atoms with E-state index in [1.54, 1.807) is 0 Å². The Hall–Kier alpha value is -1.28. The second-order valence-corrected chi connectivity index (χ2v) is 3.34. The lowest BCUT2D eigenvalue weighted by Gasteiger charge is -1.94. The van der Waals surface area contributed by atoms with Crippen molar-refractivity contribution in [2.24, 2.45) is 0 Å². The Morgan fingerprint density at radius 2 is 1.12 bits per heavy atom. The van der Waals surface area contributed by atoms with Gasteiger partial charge in [-0.2, -0.15) is 0 Å². The summed E-state index contributed by atoms with van der Waals surface area (Å²) < 4.78 is 9.85. The molecular weight excluding hydrogens is 200 g/mol. The van der Waals surface area contributed by atoms with E-state index in [-0.39, 0.29) is 0 Å². The molecule has 0 saturated heterocycles. The van der Waals surface area contributed by atoms with Crippen LogP contribution in [-0.4, -0.2) is 13.2 Å². The number of rotatable bonds is 7. The van der Waals surface area contributed by atoms with Crippen LogP contribution < -0.4 is 0 Å². The molecule has 2 heteroatoms. The van der Waals surface area contributed by atoms with E-state index in [1.807, 2.05) is 13.8 Å². The van der Waals surface area contributed by atoms with Crippen LogP contribution in [0.5, 0.6) is 0 Å². The Bertz CT molecular complexity index is 221. The molecule has 0 radical (unpaired) electrons. The summed E-state index contributed by atoms with van der Waals surface area (Å²) in [5, 5.41) is 0. The predicted molar refractivity (Wildman–Crippen MR) is 66.5 cm³/mol. The molecule has 0 spiro atoms. The number of hydrogen-bond donors (Lipinski definition) is 0. The number of hydrogen-bond acceptors (Lipinski definition) is 2. The highest BCUT2D eigenvalue weighted by atomic mass is 16.5. The third-order valence-corrected chi connectivity index (χ3v) is 1.93. The van der Waals surface area contributed by atoms with Gasteiger partial charge in [-0.1, -0.05) is 24.7 Å². The van der Waals surface area contributed by atoms with Crippen molar-refractivity contribution in [2.75, 3.05) is 13.2 Å². The van der Waals surface area contributed by atoms with E-state index in [2.05, 4.69) is 24.1 Å². The smallest absolute Gasteiger partial charge is 0.110 e. The fourth-order valence-corrected chi connectivity index (χ4v) is 1.13. The SMILES string of the molecule is CCOC#CCCCCCCC#COCC. The largest absolute Gasteiger partial charge is 0.447 e. The lowest BCUT2D eigenvalue weighted by Crippen LogP contribution is -1.80. The van der Waals surface area contributed by atoms with Gasteiger partial charge in [0.15, 0.2) is 0 Å². The summed E-state index contributed by atoms with van der Waals surface area (Å²) in [6, 6.07) is 0. The molecule has 0 amide bonds. The van der Waals surface area contributed by atoms with Gasteiger partial charge in [-0.3, -0.25) is 0 Å². The van der Waals surface area contributed by atoms with Crippen LogP contribution in [0.1, 0.15) is 52.4 Å². The zero-order chi connectivity index (χ0) is 11.9. The molecule has 0 aliphatic rings. The summed E-state index contributed by atoms with van der Waals surface area (Å²) in [4.78, 5) is 0. The standard InChI is InChI=1S/C14H22O2/c1-3-15-13-11-9-7-5-6-8-10-12-14-16-4-2/h3-10H2,1-2H3. The minimum atomic E-state index is 0.672. The van der Waals surface area contributed by atoms with Crippen LogP contribution in [0, 0.1) is 24.1 Å². The van der Waals surface area contributed by atoms with Crippen molar-refractivity contribution in [3.05, 3.63) is 0 Å². The maximum absolute atomic E-state index is 4.92. The van der Waals surface area contributed by atoms with Gasteiger partial charge >= 0.3 is 0 Å². The van der Waals surface area contributed by atoms with Gasteiger partial charge in [0.05, 0.1) is 13.2 Å². The highest BCUT2D eigenvalue weighted by Gasteiger charge is 1.87. The summed E-state index contributed by atoms with van der Waals surface area (Å²) >= 11 is 0. The lowest BCUT2D eigenvalue weighted by molar-refractivity contribution is 0.298. The van der Waals surface area contributed by atoms with Gasteiger partial charge in [0.2, 0.25) is 0 Å². The summed E-state index contributed by atoms with van der Waals surface area (Å²) in [6.07, 6.45) is 12.0. The van der Waals surface area contributed by atoms with E-state index in [1.165, 1.54) is 12.8 Å². The zero-order valence-electron chi connectivity index (χ0n) is 10.5. The van der Waals surface area contributed by atoms with Gasteiger partial charge in [-0.25, -0.2) is 0 Å². The minimum absolute atomic E-state index is 0.672. The highest BCUT2D eigenvalue weighted by Crippen LogP contribution is 2.04. The van der Waals surface area contributed by atoms with Gasteiger partial charge in [-0.15, -0.1) is 0 Å². The van der Waals surface area contributed by atoms with Crippen LogP contribution in [0.2, 0.25) is 0 Å². The molecular formula is C14H22O2.